The molecule has 2 aromatic rings. The van der Waals surface area contributed by atoms with E-state index in [4.69, 9.17) is 16.3 Å². The molecule has 3 heterocycles. The van der Waals surface area contributed by atoms with Crippen LogP contribution < -0.4 is 5.32 Å². The zero-order chi connectivity index (χ0) is 11.3. The summed E-state index contributed by atoms with van der Waals surface area (Å²) >= 11 is 5.89. The van der Waals surface area contributed by atoms with E-state index in [9.17, 15) is 0 Å². The van der Waals surface area contributed by atoms with E-state index in [1.165, 1.54) is 0 Å². The number of halogens is 1. The molecule has 0 bridgehead atoms. The monoisotopic (exact) mass is 238 g/mol. The van der Waals surface area contributed by atoms with Gasteiger partial charge in [-0.25, -0.2) is 9.50 Å². The van der Waals surface area contributed by atoms with Crippen molar-refractivity contribution in [1.82, 2.24) is 14.6 Å². The number of methoxy groups -OCH3 is 1. The maximum absolute atomic E-state index is 5.89. The lowest BCUT2D eigenvalue weighted by Crippen LogP contribution is -2.28. The maximum atomic E-state index is 5.89. The van der Waals surface area contributed by atoms with Gasteiger partial charge in [0.15, 0.2) is 10.8 Å². The summed E-state index contributed by atoms with van der Waals surface area (Å²) in [5, 5.41) is 7.92. The van der Waals surface area contributed by atoms with Gasteiger partial charge < -0.3 is 10.1 Å². The summed E-state index contributed by atoms with van der Waals surface area (Å²) < 4.78 is 7.29. The highest BCUT2D eigenvalue weighted by atomic mass is 35.5. The number of hydrogen-bond acceptors (Lipinski definition) is 4. The van der Waals surface area contributed by atoms with Gasteiger partial charge in [0, 0.05) is 19.7 Å². The van der Waals surface area contributed by atoms with Crippen molar-refractivity contribution in [3.8, 4) is 0 Å². The van der Waals surface area contributed by atoms with Crippen molar-refractivity contribution in [3.05, 3.63) is 23.1 Å². The molecule has 1 N–H and O–H groups in total. The quantitative estimate of drug-likeness (QED) is 0.821. The molecular formula is C10H11ClN4O. The predicted molar refractivity (Wildman–Crippen MR) is 60.8 cm³/mol. The van der Waals surface area contributed by atoms with Crippen LogP contribution >= 0.6 is 11.6 Å². The number of fused-ring (bicyclic) bond motifs is 3. The minimum absolute atomic E-state index is 0.397. The molecule has 1 atom stereocenters. The Balaban J connectivity index is 2.36. The lowest BCUT2D eigenvalue weighted by Gasteiger charge is -2.22. The van der Waals surface area contributed by atoms with Crippen LogP contribution in [0.4, 0.5) is 5.69 Å². The smallest absolute Gasteiger partial charge is 0.157 e. The van der Waals surface area contributed by atoms with Gasteiger partial charge in [0.25, 0.3) is 0 Å². The van der Waals surface area contributed by atoms with Crippen LogP contribution in [0.3, 0.4) is 0 Å². The summed E-state index contributed by atoms with van der Waals surface area (Å²) in [6, 6.07) is 1.73. The van der Waals surface area contributed by atoms with Crippen molar-refractivity contribution in [2.45, 2.75) is 12.5 Å². The Labute approximate surface area is 97.4 Å². The second-order valence-electron chi connectivity index (χ2n) is 4.05. The third-order valence-electron chi connectivity index (χ3n) is 3.02. The molecule has 0 fully saturated rings. The molecule has 3 rings (SSSR count). The van der Waals surface area contributed by atoms with E-state index in [1.54, 1.807) is 23.9 Å². The fraction of sp³-hybridized carbons (Fsp3) is 0.400. The van der Waals surface area contributed by atoms with Crippen LogP contribution in [0, 0.1) is 0 Å². The Hall–Kier alpha value is -1.33. The van der Waals surface area contributed by atoms with Crippen molar-refractivity contribution in [2.24, 2.45) is 0 Å². The molecule has 1 aliphatic rings. The van der Waals surface area contributed by atoms with Crippen LogP contribution in [0.15, 0.2) is 12.3 Å². The number of ether oxygens (including phenoxy) is 1. The molecule has 1 aliphatic heterocycles. The average molecular weight is 239 g/mol. The van der Waals surface area contributed by atoms with Crippen molar-refractivity contribution >= 4 is 22.9 Å². The maximum Gasteiger partial charge on any atom is 0.157 e. The van der Waals surface area contributed by atoms with Gasteiger partial charge in [-0.05, 0) is 6.92 Å². The molecule has 16 heavy (non-hydrogen) atoms. The first-order valence-corrected chi connectivity index (χ1v) is 5.36. The van der Waals surface area contributed by atoms with E-state index in [2.05, 4.69) is 15.4 Å². The second-order valence-corrected chi connectivity index (χ2v) is 4.43. The van der Waals surface area contributed by atoms with Crippen LogP contribution in [0.2, 0.25) is 5.15 Å². The van der Waals surface area contributed by atoms with Gasteiger partial charge in [-0.1, -0.05) is 11.6 Å². The lowest BCUT2D eigenvalue weighted by atomic mass is 10.1. The Morgan fingerprint density at radius 3 is 3.19 bits per heavy atom. The summed E-state index contributed by atoms with van der Waals surface area (Å²) in [6.07, 6.45) is 1.78. The molecule has 0 saturated carbocycles. The third kappa shape index (κ3) is 1.15. The van der Waals surface area contributed by atoms with Crippen molar-refractivity contribution in [3.63, 3.8) is 0 Å². The van der Waals surface area contributed by atoms with Crippen LogP contribution in [-0.2, 0) is 10.3 Å². The first kappa shape index (κ1) is 9.86. The predicted octanol–water partition coefficient (Wildman–Crippen LogP) is 1.67. The Kier molecular flexibility index (Phi) is 1.90. The highest BCUT2D eigenvalue weighted by Gasteiger charge is 2.37. The van der Waals surface area contributed by atoms with Crippen LogP contribution in [0.5, 0.6) is 0 Å². The second kappa shape index (κ2) is 3.09. The molecular weight excluding hydrogens is 228 g/mol. The molecule has 5 nitrogen and oxygen atoms in total. The fourth-order valence-electron chi connectivity index (χ4n) is 2.06. The SMILES string of the molecule is COC1(C)CNc2cnc3cc(Cl)nn3c21. The average Bonchev–Trinajstić information content (AvgIpc) is 2.79. The van der Waals surface area contributed by atoms with E-state index >= 15 is 0 Å². The van der Waals surface area contributed by atoms with Gasteiger partial charge in [0.1, 0.15) is 11.3 Å². The van der Waals surface area contributed by atoms with Gasteiger partial charge in [-0.3, -0.25) is 0 Å². The van der Waals surface area contributed by atoms with Gasteiger partial charge in [0.2, 0.25) is 0 Å². The van der Waals surface area contributed by atoms with Gasteiger partial charge >= 0.3 is 0 Å². The van der Waals surface area contributed by atoms with E-state index in [-0.39, 0.29) is 0 Å². The van der Waals surface area contributed by atoms with Crippen LogP contribution in [0.25, 0.3) is 5.65 Å². The number of hydrogen-bond donors (Lipinski definition) is 1. The minimum atomic E-state index is -0.397. The molecule has 1 unspecified atom stereocenters. The first-order chi connectivity index (χ1) is 7.64. The lowest BCUT2D eigenvalue weighted by molar-refractivity contribution is 0.0150. The molecule has 84 valence electrons. The number of aromatic nitrogens is 3. The van der Waals surface area contributed by atoms with Crippen LogP contribution in [0.1, 0.15) is 12.6 Å². The summed E-state index contributed by atoms with van der Waals surface area (Å²) in [4.78, 5) is 4.27. The number of anilines is 1. The van der Waals surface area contributed by atoms with E-state index < -0.39 is 5.60 Å². The first-order valence-electron chi connectivity index (χ1n) is 4.98. The highest BCUT2D eigenvalue weighted by Crippen LogP contribution is 2.36. The zero-order valence-corrected chi connectivity index (χ0v) is 9.75. The molecule has 0 radical (unpaired) electrons. The number of rotatable bonds is 1. The fourth-order valence-corrected chi connectivity index (χ4v) is 2.23. The molecule has 0 aromatic carbocycles. The Morgan fingerprint density at radius 2 is 2.44 bits per heavy atom. The summed E-state index contributed by atoms with van der Waals surface area (Å²) in [7, 11) is 1.69. The standard InChI is InChI=1S/C10H11ClN4O/c1-10(16-2)5-13-6-4-12-8-3-7(11)14-15(8)9(6)10/h3-4,13H,5H2,1-2H3. The van der Waals surface area contributed by atoms with Gasteiger partial charge in [-0.2, -0.15) is 5.10 Å². The molecule has 0 spiro atoms. The van der Waals surface area contributed by atoms with Gasteiger partial charge in [0.05, 0.1) is 11.9 Å². The zero-order valence-electron chi connectivity index (χ0n) is 8.99. The van der Waals surface area contributed by atoms with Crippen LogP contribution in [-0.4, -0.2) is 28.3 Å². The Morgan fingerprint density at radius 1 is 1.62 bits per heavy atom. The highest BCUT2D eigenvalue weighted by molar-refractivity contribution is 6.29. The molecule has 0 amide bonds. The minimum Gasteiger partial charge on any atom is -0.379 e. The number of nitrogens with zero attached hydrogens (tertiary/aromatic N) is 3. The van der Waals surface area contributed by atoms with E-state index in [1.807, 2.05) is 6.92 Å². The summed E-state index contributed by atoms with van der Waals surface area (Å²) in [5.41, 5.74) is 2.24. The largest absolute Gasteiger partial charge is 0.379 e. The normalized spacial score (nSPS) is 23.4. The van der Waals surface area contributed by atoms with E-state index in [0.717, 1.165) is 17.0 Å². The van der Waals surface area contributed by atoms with Crippen molar-refractivity contribution in [1.29, 1.82) is 0 Å². The number of nitrogens with one attached hydrogen (secondary N) is 1. The van der Waals surface area contributed by atoms with Gasteiger partial charge in [-0.15, -0.1) is 0 Å². The van der Waals surface area contributed by atoms with E-state index in [0.29, 0.717) is 11.7 Å². The molecule has 6 heteroatoms. The van der Waals surface area contributed by atoms with Crippen molar-refractivity contribution in [2.75, 3.05) is 19.0 Å². The molecule has 2 aromatic heterocycles. The molecule has 0 saturated heterocycles. The van der Waals surface area contributed by atoms with Crippen molar-refractivity contribution < 1.29 is 4.74 Å². The third-order valence-corrected chi connectivity index (χ3v) is 3.21. The molecule has 0 aliphatic carbocycles. The Bertz CT molecular complexity index is 567. The summed E-state index contributed by atoms with van der Waals surface area (Å²) in [5.74, 6) is 0. The summed E-state index contributed by atoms with van der Waals surface area (Å²) in [6.45, 7) is 2.72. The topological polar surface area (TPSA) is 51.5 Å².